The van der Waals surface area contributed by atoms with E-state index in [0.717, 1.165) is 0 Å². The van der Waals surface area contributed by atoms with E-state index in [9.17, 15) is 17.6 Å². The zero-order chi connectivity index (χ0) is 18.3. The predicted octanol–water partition coefficient (Wildman–Crippen LogP) is 4.66. The minimum absolute atomic E-state index is 0.291. The number of hydrogen-bond acceptors (Lipinski definition) is 4. The van der Waals surface area contributed by atoms with Crippen LogP contribution < -0.4 is 10.1 Å². The van der Waals surface area contributed by atoms with Gasteiger partial charge in [0.05, 0.1) is 5.52 Å². The fraction of sp³-hybridized carbons (Fsp3) is 0.0588. The minimum Gasteiger partial charge on any atom is -0.406 e. The lowest BCUT2D eigenvalue weighted by atomic mass is 10.2. The normalized spacial score (nSPS) is 11.8. The molecule has 0 fully saturated rings. The molecule has 2 aromatic heterocycles. The Kier molecular flexibility index (Phi) is 3.64. The summed E-state index contributed by atoms with van der Waals surface area (Å²) in [5, 5.41) is 2.98. The van der Waals surface area contributed by atoms with E-state index in [1.807, 2.05) is 0 Å². The zero-order valence-electron chi connectivity index (χ0n) is 13.0. The summed E-state index contributed by atoms with van der Waals surface area (Å²) in [6, 6.07) is 9.72. The van der Waals surface area contributed by atoms with Crippen LogP contribution >= 0.6 is 0 Å². The number of alkyl halides is 3. The maximum atomic E-state index is 14.1. The Morgan fingerprint density at radius 1 is 1.04 bits per heavy atom. The summed E-state index contributed by atoms with van der Waals surface area (Å²) in [6.45, 7) is 0. The zero-order valence-corrected chi connectivity index (χ0v) is 13.0. The number of ether oxygens (including phenoxy) is 1. The number of halogens is 4. The summed E-state index contributed by atoms with van der Waals surface area (Å²) >= 11 is 0. The Labute approximate surface area is 143 Å². The maximum Gasteiger partial charge on any atom is 0.573 e. The van der Waals surface area contributed by atoms with Crippen molar-refractivity contribution in [3.05, 3.63) is 60.7 Å². The molecule has 9 heteroatoms. The molecule has 2 heterocycles. The van der Waals surface area contributed by atoms with E-state index in [1.165, 1.54) is 36.5 Å². The molecule has 4 rings (SSSR count). The van der Waals surface area contributed by atoms with Crippen LogP contribution in [0.1, 0.15) is 0 Å². The van der Waals surface area contributed by atoms with Gasteiger partial charge in [-0.1, -0.05) is 6.07 Å². The quantitative estimate of drug-likeness (QED) is 0.539. The number of para-hydroxylation sites is 1. The fourth-order valence-electron chi connectivity index (χ4n) is 2.62. The highest BCUT2D eigenvalue weighted by atomic mass is 19.4. The smallest absolute Gasteiger partial charge is 0.406 e. The van der Waals surface area contributed by atoms with E-state index in [1.54, 1.807) is 22.7 Å². The Morgan fingerprint density at radius 2 is 1.81 bits per heavy atom. The van der Waals surface area contributed by atoms with Crippen LogP contribution in [0.4, 0.5) is 29.1 Å². The van der Waals surface area contributed by atoms with Crippen molar-refractivity contribution in [1.29, 1.82) is 0 Å². The first-order valence-electron chi connectivity index (χ1n) is 7.45. The molecule has 0 aliphatic rings. The largest absolute Gasteiger partial charge is 0.573 e. The van der Waals surface area contributed by atoms with Gasteiger partial charge in [0, 0.05) is 18.1 Å². The first kappa shape index (κ1) is 16.1. The number of benzene rings is 2. The van der Waals surface area contributed by atoms with Crippen LogP contribution in [-0.4, -0.2) is 20.7 Å². The van der Waals surface area contributed by atoms with Crippen molar-refractivity contribution in [3.8, 4) is 5.75 Å². The van der Waals surface area contributed by atoms with Crippen LogP contribution in [-0.2, 0) is 0 Å². The monoisotopic (exact) mass is 362 g/mol. The highest BCUT2D eigenvalue weighted by Crippen LogP contribution is 2.27. The van der Waals surface area contributed by atoms with E-state index in [-0.39, 0.29) is 5.75 Å². The number of anilines is 2. The molecule has 0 aliphatic heterocycles. The predicted molar refractivity (Wildman–Crippen MR) is 86.9 cm³/mol. The molecule has 0 aliphatic carbocycles. The lowest BCUT2D eigenvalue weighted by Gasteiger charge is -2.12. The van der Waals surface area contributed by atoms with Gasteiger partial charge in [0.15, 0.2) is 11.5 Å². The van der Waals surface area contributed by atoms with Crippen molar-refractivity contribution in [2.75, 3.05) is 5.32 Å². The van der Waals surface area contributed by atoms with Crippen molar-refractivity contribution in [2.45, 2.75) is 6.36 Å². The lowest BCUT2D eigenvalue weighted by molar-refractivity contribution is -0.274. The van der Waals surface area contributed by atoms with Crippen molar-refractivity contribution in [3.63, 3.8) is 0 Å². The maximum absolute atomic E-state index is 14.1. The Bertz CT molecular complexity index is 1090. The van der Waals surface area contributed by atoms with Gasteiger partial charge in [-0.2, -0.15) is 0 Å². The molecule has 0 saturated heterocycles. The fourth-order valence-corrected chi connectivity index (χ4v) is 2.62. The molecule has 1 N–H and O–H groups in total. The van der Waals surface area contributed by atoms with Crippen molar-refractivity contribution >= 4 is 28.2 Å². The summed E-state index contributed by atoms with van der Waals surface area (Å²) in [4.78, 5) is 8.54. The molecule has 5 nitrogen and oxygen atoms in total. The third kappa shape index (κ3) is 2.99. The minimum atomic E-state index is -4.75. The van der Waals surface area contributed by atoms with E-state index >= 15 is 0 Å². The number of imidazole rings is 1. The van der Waals surface area contributed by atoms with E-state index in [0.29, 0.717) is 28.2 Å². The average Bonchev–Trinajstić information content (AvgIpc) is 3.05. The second-order valence-corrected chi connectivity index (χ2v) is 5.39. The van der Waals surface area contributed by atoms with Crippen LogP contribution in [0.5, 0.6) is 5.75 Å². The topological polar surface area (TPSA) is 51.5 Å². The van der Waals surface area contributed by atoms with Gasteiger partial charge >= 0.3 is 6.36 Å². The van der Waals surface area contributed by atoms with Crippen molar-refractivity contribution < 1.29 is 22.3 Å². The van der Waals surface area contributed by atoms with Gasteiger partial charge in [0.2, 0.25) is 0 Å². The van der Waals surface area contributed by atoms with E-state index < -0.39 is 12.2 Å². The second kappa shape index (κ2) is 5.87. The van der Waals surface area contributed by atoms with Crippen LogP contribution in [0.25, 0.3) is 16.7 Å². The SMILES string of the molecule is Fc1cccc2nc(Nc3ccc(OC(F)(F)F)cc3)c3nccn3c12. The molecule has 132 valence electrons. The summed E-state index contributed by atoms with van der Waals surface area (Å²) in [5.41, 5.74) is 1.57. The van der Waals surface area contributed by atoms with Crippen LogP contribution in [0, 0.1) is 5.82 Å². The summed E-state index contributed by atoms with van der Waals surface area (Å²) in [6.07, 6.45) is -1.64. The molecule has 0 radical (unpaired) electrons. The number of aromatic nitrogens is 3. The average molecular weight is 362 g/mol. The number of rotatable bonds is 3. The number of fused-ring (bicyclic) bond motifs is 3. The highest BCUT2D eigenvalue weighted by molar-refractivity contribution is 5.84. The summed E-state index contributed by atoms with van der Waals surface area (Å²) in [7, 11) is 0. The van der Waals surface area contributed by atoms with Gasteiger partial charge in [-0.05, 0) is 36.4 Å². The molecule has 4 aromatic rings. The molecule has 0 bridgehead atoms. The standard InChI is InChI=1S/C17H10F4N4O/c18-12-2-1-3-13-14(12)25-9-8-22-16(25)15(24-13)23-10-4-6-11(7-5-10)26-17(19,20)21/h1-9H,(H,23,24). The number of nitrogens with zero attached hydrogens (tertiary/aromatic N) is 3. The number of nitrogens with one attached hydrogen (secondary N) is 1. The molecule has 0 spiro atoms. The van der Waals surface area contributed by atoms with Gasteiger partial charge in [0.25, 0.3) is 0 Å². The molecule has 0 amide bonds. The number of hydrogen-bond donors (Lipinski definition) is 1. The molecular formula is C17H10F4N4O. The molecule has 0 saturated carbocycles. The van der Waals surface area contributed by atoms with Gasteiger partial charge in [0.1, 0.15) is 17.1 Å². The molecule has 2 aromatic carbocycles. The Morgan fingerprint density at radius 3 is 2.54 bits per heavy atom. The lowest BCUT2D eigenvalue weighted by Crippen LogP contribution is -2.17. The van der Waals surface area contributed by atoms with Gasteiger partial charge in [-0.3, -0.25) is 4.40 Å². The van der Waals surface area contributed by atoms with Crippen LogP contribution in [0.2, 0.25) is 0 Å². The van der Waals surface area contributed by atoms with Gasteiger partial charge in [-0.25, -0.2) is 14.4 Å². The highest BCUT2D eigenvalue weighted by Gasteiger charge is 2.30. The van der Waals surface area contributed by atoms with Gasteiger partial charge < -0.3 is 10.1 Å². The Hall–Kier alpha value is -3.36. The summed E-state index contributed by atoms with van der Waals surface area (Å²) in [5.74, 6) is -0.418. The van der Waals surface area contributed by atoms with E-state index in [4.69, 9.17) is 0 Å². The van der Waals surface area contributed by atoms with Gasteiger partial charge in [-0.15, -0.1) is 13.2 Å². The van der Waals surface area contributed by atoms with Crippen LogP contribution in [0.3, 0.4) is 0 Å². The summed E-state index contributed by atoms with van der Waals surface area (Å²) < 4.78 is 56.2. The Balaban J connectivity index is 1.72. The molecule has 0 unspecified atom stereocenters. The molecule has 26 heavy (non-hydrogen) atoms. The van der Waals surface area contributed by atoms with E-state index in [2.05, 4.69) is 20.0 Å². The first-order valence-corrected chi connectivity index (χ1v) is 7.45. The van der Waals surface area contributed by atoms with Crippen molar-refractivity contribution in [1.82, 2.24) is 14.4 Å². The first-order chi connectivity index (χ1) is 12.4. The third-order valence-electron chi connectivity index (χ3n) is 3.64. The third-order valence-corrected chi connectivity index (χ3v) is 3.64. The van der Waals surface area contributed by atoms with Crippen molar-refractivity contribution in [2.24, 2.45) is 0 Å². The van der Waals surface area contributed by atoms with Crippen LogP contribution in [0.15, 0.2) is 54.9 Å². The molecule has 0 atom stereocenters. The molecular weight excluding hydrogens is 352 g/mol. The second-order valence-electron chi connectivity index (χ2n) is 5.39.